The van der Waals surface area contributed by atoms with E-state index in [0.29, 0.717) is 12.1 Å². The Kier molecular flexibility index (Phi) is 6.29. The highest BCUT2D eigenvalue weighted by Crippen LogP contribution is 2.02. The first-order valence-electron chi connectivity index (χ1n) is 5.09. The first-order chi connectivity index (χ1) is 5.99. The van der Waals surface area contributed by atoms with E-state index in [1.54, 1.807) is 0 Å². The van der Waals surface area contributed by atoms with Crippen molar-refractivity contribution in [1.29, 1.82) is 0 Å². The fraction of sp³-hybridized carbons (Fsp3) is 1.00. The molecule has 0 saturated heterocycles. The van der Waals surface area contributed by atoms with E-state index >= 15 is 0 Å². The van der Waals surface area contributed by atoms with Crippen molar-refractivity contribution < 1.29 is 0 Å². The lowest BCUT2D eigenvalue weighted by Crippen LogP contribution is -2.45. The maximum absolute atomic E-state index is 5.97. The highest BCUT2D eigenvalue weighted by Gasteiger charge is 2.15. The molecule has 0 radical (unpaired) electrons. The second-order valence-electron chi connectivity index (χ2n) is 4.10. The van der Waals surface area contributed by atoms with E-state index in [1.165, 1.54) is 0 Å². The van der Waals surface area contributed by atoms with Crippen molar-refractivity contribution in [3.8, 4) is 0 Å². The van der Waals surface area contributed by atoms with Crippen molar-refractivity contribution in [3.63, 3.8) is 0 Å². The zero-order valence-corrected chi connectivity index (χ0v) is 9.75. The Balaban J connectivity index is 3.74. The average molecular weight is 187 g/mol. The molecule has 3 heteroatoms. The maximum atomic E-state index is 5.97. The van der Waals surface area contributed by atoms with Gasteiger partial charge in [0.2, 0.25) is 0 Å². The molecule has 0 aromatic heterocycles. The summed E-state index contributed by atoms with van der Waals surface area (Å²) in [6.07, 6.45) is 1.05. The quantitative estimate of drug-likeness (QED) is 0.661. The van der Waals surface area contributed by atoms with Gasteiger partial charge in [0.25, 0.3) is 0 Å². The van der Waals surface area contributed by atoms with Crippen molar-refractivity contribution in [2.24, 2.45) is 5.73 Å². The van der Waals surface area contributed by atoms with E-state index in [4.69, 9.17) is 5.73 Å². The molecule has 0 spiro atoms. The number of nitrogens with two attached hydrogens (primary N) is 1. The van der Waals surface area contributed by atoms with Crippen LogP contribution in [0.4, 0.5) is 0 Å². The fourth-order valence-corrected chi connectivity index (χ4v) is 1.23. The number of hydrogen-bond donors (Lipinski definition) is 1. The highest BCUT2D eigenvalue weighted by molar-refractivity contribution is 4.75. The minimum atomic E-state index is 0.298. The fourth-order valence-electron chi connectivity index (χ4n) is 1.23. The first kappa shape index (κ1) is 12.9. The zero-order chi connectivity index (χ0) is 10.4. The van der Waals surface area contributed by atoms with Gasteiger partial charge in [-0.05, 0) is 34.5 Å². The van der Waals surface area contributed by atoms with Gasteiger partial charge in [-0.15, -0.1) is 0 Å². The third kappa shape index (κ3) is 5.24. The van der Waals surface area contributed by atoms with Crippen LogP contribution in [-0.2, 0) is 0 Å². The van der Waals surface area contributed by atoms with Gasteiger partial charge in [-0.3, -0.25) is 0 Å². The Bertz CT molecular complexity index is 125. The number of hydrogen-bond acceptors (Lipinski definition) is 3. The number of rotatable bonds is 6. The second kappa shape index (κ2) is 6.35. The molecule has 0 aromatic carbocycles. The lowest BCUT2D eigenvalue weighted by molar-refractivity contribution is 0.203. The van der Waals surface area contributed by atoms with Gasteiger partial charge in [0, 0.05) is 25.2 Å². The molecular formula is C10H25N3. The number of likely N-dealkylation sites (N-methyl/N-ethyl adjacent to an activating group) is 2. The van der Waals surface area contributed by atoms with Gasteiger partial charge in [-0.2, -0.15) is 0 Å². The molecule has 0 aliphatic carbocycles. The van der Waals surface area contributed by atoms with E-state index in [0.717, 1.165) is 19.5 Å². The molecule has 0 aliphatic rings. The van der Waals surface area contributed by atoms with Crippen molar-refractivity contribution in [1.82, 2.24) is 9.80 Å². The predicted octanol–water partition coefficient (Wildman–Crippen LogP) is 0.606. The van der Waals surface area contributed by atoms with Crippen LogP contribution in [0.25, 0.3) is 0 Å². The topological polar surface area (TPSA) is 32.5 Å². The average Bonchev–Trinajstić information content (AvgIpc) is 2.11. The predicted molar refractivity (Wildman–Crippen MR) is 58.9 cm³/mol. The number of nitrogens with zero attached hydrogens (tertiary/aromatic N) is 2. The van der Waals surface area contributed by atoms with Gasteiger partial charge in [0.05, 0.1) is 0 Å². The first-order valence-corrected chi connectivity index (χ1v) is 5.09. The summed E-state index contributed by atoms with van der Waals surface area (Å²) in [5.41, 5.74) is 5.97. The highest BCUT2D eigenvalue weighted by atomic mass is 15.2. The van der Waals surface area contributed by atoms with E-state index in [9.17, 15) is 0 Å². The van der Waals surface area contributed by atoms with Crippen LogP contribution in [0.3, 0.4) is 0 Å². The molecule has 0 fully saturated rings. The lowest BCUT2D eigenvalue weighted by atomic mass is 10.1. The molecule has 0 heterocycles. The molecule has 0 saturated carbocycles. The Morgan fingerprint density at radius 1 is 1.15 bits per heavy atom. The Hall–Kier alpha value is -0.120. The van der Waals surface area contributed by atoms with E-state index in [-0.39, 0.29) is 0 Å². The molecule has 0 rings (SSSR count). The van der Waals surface area contributed by atoms with Gasteiger partial charge in [-0.1, -0.05) is 6.92 Å². The van der Waals surface area contributed by atoms with Crippen LogP contribution in [0.2, 0.25) is 0 Å². The van der Waals surface area contributed by atoms with Crippen LogP contribution in [0.1, 0.15) is 20.3 Å². The minimum Gasteiger partial charge on any atom is -0.326 e. The van der Waals surface area contributed by atoms with Gasteiger partial charge in [0.15, 0.2) is 0 Å². The molecule has 2 unspecified atom stereocenters. The summed E-state index contributed by atoms with van der Waals surface area (Å²) in [6, 6.07) is 0.775. The third-order valence-corrected chi connectivity index (χ3v) is 2.69. The van der Waals surface area contributed by atoms with Crippen molar-refractivity contribution in [3.05, 3.63) is 0 Å². The van der Waals surface area contributed by atoms with Crippen LogP contribution in [0.5, 0.6) is 0 Å². The van der Waals surface area contributed by atoms with Crippen molar-refractivity contribution in [2.75, 3.05) is 34.2 Å². The summed E-state index contributed by atoms with van der Waals surface area (Å²) in [5, 5.41) is 0. The molecule has 2 atom stereocenters. The van der Waals surface area contributed by atoms with Gasteiger partial charge >= 0.3 is 0 Å². The van der Waals surface area contributed by atoms with Crippen LogP contribution in [0.15, 0.2) is 0 Å². The second-order valence-corrected chi connectivity index (χ2v) is 4.10. The lowest BCUT2D eigenvalue weighted by Gasteiger charge is -2.29. The molecule has 80 valence electrons. The Morgan fingerprint density at radius 3 is 2.08 bits per heavy atom. The molecule has 0 bridgehead atoms. The van der Waals surface area contributed by atoms with Crippen LogP contribution < -0.4 is 5.73 Å². The summed E-state index contributed by atoms with van der Waals surface area (Å²) in [6.45, 7) is 6.52. The molecule has 0 amide bonds. The summed E-state index contributed by atoms with van der Waals surface area (Å²) >= 11 is 0. The maximum Gasteiger partial charge on any atom is 0.0216 e. The minimum absolute atomic E-state index is 0.298. The molecular weight excluding hydrogens is 162 g/mol. The standard InChI is InChI=1S/C10H25N3/c1-6-10(11)9(2)13(5)8-7-12(3)4/h9-10H,6-8,11H2,1-5H3. The van der Waals surface area contributed by atoms with Gasteiger partial charge in [-0.25, -0.2) is 0 Å². The van der Waals surface area contributed by atoms with Crippen molar-refractivity contribution in [2.45, 2.75) is 32.4 Å². The van der Waals surface area contributed by atoms with E-state index in [1.807, 2.05) is 0 Å². The molecule has 3 nitrogen and oxygen atoms in total. The Morgan fingerprint density at radius 2 is 1.69 bits per heavy atom. The normalized spacial score (nSPS) is 16.6. The smallest absolute Gasteiger partial charge is 0.0216 e. The molecule has 0 aromatic rings. The monoisotopic (exact) mass is 187 g/mol. The van der Waals surface area contributed by atoms with E-state index in [2.05, 4.69) is 44.8 Å². The largest absolute Gasteiger partial charge is 0.326 e. The molecule has 13 heavy (non-hydrogen) atoms. The summed E-state index contributed by atoms with van der Waals surface area (Å²) in [5.74, 6) is 0. The van der Waals surface area contributed by atoms with Gasteiger partial charge in [0.1, 0.15) is 0 Å². The summed E-state index contributed by atoms with van der Waals surface area (Å²) < 4.78 is 0. The zero-order valence-electron chi connectivity index (χ0n) is 9.75. The van der Waals surface area contributed by atoms with Crippen LogP contribution in [0, 0.1) is 0 Å². The Labute approximate surface area is 82.9 Å². The third-order valence-electron chi connectivity index (χ3n) is 2.69. The van der Waals surface area contributed by atoms with Crippen LogP contribution in [-0.4, -0.2) is 56.1 Å². The summed E-state index contributed by atoms with van der Waals surface area (Å²) in [7, 11) is 6.33. The van der Waals surface area contributed by atoms with E-state index < -0.39 is 0 Å². The SMILES string of the molecule is CCC(N)C(C)N(C)CCN(C)C. The van der Waals surface area contributed by atoms with Crippen LogP contribution >= 0.6 is 0 Å². The van der Waals surface area contributed by atoms with Gasteiger partial charge < -0.3 is 15.5 Å². The molecule has 0 aliphatic heterocycles. The summed E-state index contributed by atoms with van der Waals surface area (Å²) in [4.78, 5) is 4.52. The molecule has 2 N–H and O–H groups in total. The van der Waals surface area contributed by atoms with Crippen molar-refractivity contribution >= 4 is 0 Å².